The van der Waals surface area contributed by atoms with Gasteiger partial charge in [0.05, 0.1) is 51.3 Å². The van der Waals surface area contributed by atoms with Gasteiger partial charge in [0, 0.05) is 30.8 Å². The number of β-amino-alcohol motifs (C(OH)–C–C–N with tert-alkyl or cyclic N) is 2. The molecule has 1 fully saturated rings. The number of nitrogens with zero attached hydrogens (tertiary/aromatic N) is 2. The van der Waals surface area contributed by atoms with E-state index in [1.165, 1.54) is 19.1 Å². The number of ether oxygens (including phenoxy) is 3. The van der Waals surface area contributed by atoms with Gasteiger partial charge < -0.3 is 34.2 Å². The zero-order valence-corrected chi connectivity index (χ0v) is 24.1. The number of ketones is 1. The summed E-state index contributed by atoms with van der Waals surface area (Å²) in [5, 5.41) is 28.8. The lowest BCUT2D eigenvalue weighted by atomic mass is 9.84. The molecule has 1 saturated heterocycles. The number of rotatable bonds is 7. The predicted molar refractivity (Wildman–Crippen MR) is 147 cm³/mol. The minimum absolute atomic E-state index is 0. The maximum absolute atomic E-state index is 15.1. The third-order valence-corrected chi connectivity index (χ3v) is 6.94. The highest BCUT2D eigenvalue weighted by molar-refractivity contribution is 8.93. The van der Waals surface area contributed by atoms with Gasteiger partial charge in [-0.1, -0.05) is 20.8 Å². The largest absolute Gasteiger partial charge is 0.494 e. The molecule has 3 N–H and O–H groups in total. The van der Waals surface area contributed by atoms with Crippen molar-refractivity contribution in [3.8, 4) is 17.2 Å². The van der Waals surface area contributed by atoms with Crippen LogP contribution in [0.2, 0.25) is 0 Å². The van der Waals surface area contributed by atoms with Gasteiger partial charge in [-0.25, -0.2) is 4.39 Å². The summed E-state index contributed by atoms with van der Waals surface area (Å²) in [5.41, 5.74) is 2.06. The number of benzene rings is 2. The van der Waals surface area contributed by atoms with E-state index in [1.807, 2.05) is 25.7 Å². The summed E-state index contributed by atoms with van der Waals surface area (Å²) in [5.74, 6) is -0.324. The van der Waals surface area contributed by atoms with Crippen molar-refractivity contribution in [2.24, 2.45) is 0 Å². The summed E-state index contributed by atoms with van der Waals surface area (Å²) in [6.07, 6.45) is -1.82. The lowest BCUT2D eigenvalue weighted by molar-refractivity contribution is 0.0572. The zero-order valence-electron chi connectivity index (χ0n) is 22.4. The molecule has 0 bridgehead atoms. The number of Topliss-reactive ketones (excluding diaryl/α,β-unsaturated/α-hetero) is 1. The first-order valence-corrected chi connectivity index (χ1v) is 12.0. The number of fused-ring (bicyclic) bond motifs is 1. The van der Waals surface area contributed by atoms with E-state index in [0.29, 0.717) is 22.6 Å². The molecular weight excluding hydrogens is 561 g/mol. The fourth-order valence-electron chi connectivity index (χ4n) is 4.97. The second-order valence-corrected chi connectivity index (χ2v) is 10.5. The molecule has 11 heteroatoms. The van der Waals surface area contributed by atoms with Crippen LogP contribution in [0.3, 0.4) is 0 Å². The van der Waals surface area contributed by atoms with E-state index >= 15 is 4.39 Å². The van der Waals surface area contributed by atoms with E-state index in [9.17, 15) is 15.0 Å². The molecule has 38 heavy (non-hydrogen) atoms. The van der Waals surface area contributed by atoms with Crippen LogP contribution in [0.15, 0.2) is 18.2 Å². The van der Waals surface area contributed by atoms with Gasteiger partial charge in [0.15, 0.2) is 23.1 Å². The van der Waals surface area contributed by atoms with E-state index in [-0.39, 0.29) is 77.3 Å². The zero-order chi connectivity index (χ0) is 27.2. The highest BCUT2D eigenvalue weighted by Crippen LogP contribution is 2.42. The van der Waals surface area contributed by atoms with Gasteiger partial charge in [0.2, 0.25) is 0 Å². The Kier molecular flexibility index (Phi) is 8.64. The van der Waals surface area contributed by atoms with Gasteiger partial charge in [0.1, 0.15) is 11.6 Å². The first-order valence-electron chi connectivity index (χ1n) is 12.0. The average molecular weight is 596 g/mol. The van der Waals surface area contributed by atoms with Gasteiger partial charge in [-0.2, -0.15) is 0 Å². The third kappa shape index (κ3) is 5.19. The molecule has 2 aromatic rings. The van der Waals surface area contributed by atoms with Crippen molar-refractivity contribution >= 4 is 34.3 Å². The Morgan fingerprint density at radius 2 is 1.66 bits per heavy atom. The monoisotopic (exact) mass is 595 g/mol. The summed E-state index contributed by atoms with van der Waals surface area (Å²) in [6, 6.07) is 5.11. The van der Waals surface area contributed by atoms with Crippen molar-refractivity contribution in [3.63, 3.8) is 0 Å². The Hall–Kier alpha value is -2.89. The van der Waals surface area contributed by atoms with E-state index in [4.69, 9.17) is 19.6 Å². The van der Waals surface area contributed by atoms with Crippen molar-refractivity contribution in [2.75, 3.05) is 45.9 Å². The number of carbonyl (C=O) groups excluding carboxylic acids is 1. The van der Waals surface area contributed by atoms with Crippen LogP contribution in [0.5, 0.6) is 17.2 Å². The maximum atomic E-state index is 15.1. The highest BCUT2D eigenvalue weighted by atomic mass is 79.9. The molecule has 208 valence electrons. The van der Waals surface area contributed by atoms with Crippen LogP contribution in [-0.2, 0) is 12.0 Å². The van der Waals surface area contributed by atoms with Crippen LogP contribution in [-0.4, -0.2) is 79.9 Å². The number of hydrogen-bond acceptors (Lipinski definition) is 8. The summed E-state index contributed by atoms with van der Waals surface area (Å²) in [4.78, 5) is 16.9. The number of aliphatic hydroxyl groups is 2. The van der Waals surface area contributed by atoms with Crippen molar-refractivity contribution < 1.29 is 33.6 Å². The summed E-state index contributed by atoms with van der Waals surface area (Å²) in [7, 11) is 4.30. The molecular formula is C27H35BrFN3O6. The van der Waals surface area contributed by atoms with E-state index in [2.05, 4.69) is 0 Å². The second-order valence-electron chi connectivity index (χ2n) is 10.5. The normalized spacial score (nSPS) is 18.8. The molecule has 2 unspecified atom stereocenters. The molecule has 0 amide bonds. The van der Waals surface area contributed by atoms with Crippen molar-refractivity contribution in [1.82, 2.24) is 4.90 Å². The van der Waals surface area contributed by atoms with Gasteiger partial charge >= 0.3 is 0 Å². The summed E-state index contributed by atoms with van der Waals surface area (Å²) >= 11 is 0. The molecule has 0 radical (unpaired) electrons. The molecule has 2 aliphatic heterocycles. The van der Waals surface area contributed by atoms with Crippen molar-refractivity contribution in [1.29, 1.82) is 5.41 Å². The maximum Gasteiger partial charge on any atom is 0.197 e. The summed E-state index contributed by atoms with van der Waals surface area (Å²) < 4.78 is 31.3. The molecule has 0 aliphatic carbocycles. The van der Waals surface area contributed by atoms with E-state index < -0.39 is 18.0 Å². The third-order valence-electron chi connectivity index (χ3n) is 6.94. The van der Waals surface area contributed by atoms with Crippen LogP contribution in [0.25, 0.3) is 0 Å². The molecule has 2 aromatic carbocycles. The number of carbonyl (C=O) groups is 1. The molecule has 2 aliphatic rings. The van der Waals surface area contributed by atoms with Gasteiger partial charge in [-0.05, 0) is 29.2 Å². The first-order chi connectivity index (χ1) is 17.4. The number of nitrogens with one attached hydrogen (secondary N) is 1. The average Bonchev–Trinajstić information content (AvgIpc) is 3.35. The lowest BCUT2D eigenvalue weighted by Crippen LogP contribution is -2.31. The predicted octanol–water partition coefficient (Wildman–Crippen LogP) is 3.29. The number of hydrogen-bond donors (Lipinski definition) is 3. The van der Waals surface area contributed by atoms with Crippen LogP contribution in [0.4, 0.5) is 10.1 Å². The smallest absolute Gasteiger partial charge is 0.197 e. The fourth-order valence-corrected chi connectivity index (χ4v) is 4.97. The molecule has 2 atom stereocenters. The first kappa shape index (κ1) is 29.7. The Morgan fingerprint density at radius 1 is 1.05 bits per heavy atom. The van der Waals surface area contributed by atoms with E-state index in [0.717, 1.165) is 5.56 Å². The SMILES string of the molecule is Br.COc1cc2c(c(F)c1OC)C(=N)N(CC(=O)c1cc(N3CC(O)C(O)C3)c(OC)c(C(C)(C)C)c1)C2. The van der Waals surface area contributed by atoms with E-state index in [1.54, 1.807) is 25.3 Å². The van der Waals surface area contributed by atoms with Crippen LogP contribution >= 0.6 is 17.0 Å². The number of amidine groups is 1. The minimum atomic E-state index is -0.908. The number of aliphatic hydroxyl groups excluding tert-OH is 2. The van der Waals surface area contributed by atoms with Crippen LogP contribution in [0.1, 0.15) is 47.8 Å². The summed E-state index contributed by atoms with van der Waals surface area (Å²) in [6.45, 7) is 6.46. The highest BCUT2D eigenvalue weighted by Gasteiger charge is 2.35. The molecule has 0 saturated carbocycles. The Labute approximate surface area is 232 Å². The molecule has 2 heterocycles. The molecule has 0 spiro atoms. The Balaban J connectivity index is 0.00000400. The molecule has 0 aromatic heterocycles. The topological polar surface area (TPSA) is 116 Å². The number of methoxy groups -OCH3 is 3. The number of halogens is 2. The van der Waals surface area contributed by atoms with Gasteiger partial charge in [-0.3, -0.25) is 10.2 Å². The van der Waals surface area contributed by atoms with Gasteiger partial charge in [-0.15, -0.1) is 17.0 Å². The van der Waals surface area contributed by atoms with Crippen LogP contribution in [0, 0.1) is 11.2 Å². The Morgan fingerprint density at radius 3 is 2.18 bits per heavy atom. The molecule has 9 nitrogen and oxygen atoms in total. The van der Waals surface area contributed by atoms with Gasteiger partial charge in [0.25, 0.3) is 0 Å². The second kappa shape index (κ2) is 11.1. The lowest BCUT2D eigenvalue weighted by Gasteiger charge is -2.29. The number of anilines is 1. The quantitative estimate of drug-likeness (QED) is 0.418. The molecule has 4 rings (SSSR count). The standard InChI is InChI=1S/C27H34FN3O6.BrH/c1-27(2,3)16-7-14(8-17(24(16)36-5)30-12-19(33)20(34)13-30)18(32)11-31-10-15-9-21(35-4)25(37-6)23(28)22(15)26(31)29;/h7-9,19-20,29,33-34H,10-13H2,1-6H3;1H. The van der Waals surface area contributed by atoms with Crippen molar-refractivity contribution in [3.05, 3.63) is 46.3 Å². The van der Waals surface area contributed by atoms with Crippen molar-refractivity contribution in [2.45, 2.75) is 44.9 Å². The van der Waals surface area contributed by atoms with Crippen LogP contribution < -0.4 is 19.1 Å². The minimum Gasteiger partial charge on any atom is -0.494 e. The fraction of sp³-hybridized carbons (Fsp3) is 0.481. The Bertz CT molecular complexity index is 1240.